The molecule has 2 rings (SSSR count). The van der Waals surface area contributed by atoms with E-state index >= 15 is 0 Å². The normalized spacial score (nSPS) is 11.7. The molecule has 0 unspecified atom stereocenters. The van der Waals surface area contributed by atoms with Crippen molar-refractivity contribution in [2.75, 3.05) is 20.8 Å². The Morgan fingerprint density at radius 3 is 2.56 bits per heavy atom. The highest BCUT2D eigenvalue weighted by Gasteiger charge is 2.17. The molecule has 0 bridgehead atoms. The lowest BCUT2D eigenvalue weighted by Crippen LogP contribution is -2.35. The van der Waals surface area contributed by atoms with Crippen LogP contribution in [0.25, 0.3) is 0 Å². The fraction of sp³-hybridized carbons (Fsp3) is 0.316. The third-order valence-corrected chi connectivity index (χ3v) is 4.10. The van der Waals surface area contributed by atoms with Crippen LogP contribution in [0.4, 0.5) is 0 Å². The summed E-state index contributed by atoms with van der Waals surface area (Å²) < 4.78 is 17.0. The Balaban J connectivity index is 2.15. The monoisotopic (exact) mass is 407 g/mol. The molecule has 1 N–H and O–H groups in total. The number of carbonyl (C=O) groups excluding carboxylic acids is 1. The predicted octanol–water partition coefficient (Wildman–Crippen LogP) is 3.80. The van der Waals surface area contributed by atoms with Crippen LogP contribution in [0.5, 0.6) is 11.5 Å². The van der Waals surface area contributed by atoms with Crippen molar-refractivity contribution >= 4 is 21.8 Å². The van der Waals surface area contributed by atoms with Gasteiger partial charge in [-0.3, -0.25) is 4.79 Å². The summed E-state index contributed by atoms with van der Waals surface area (Å²) in [5.41, 5.74) is 1.53. The van der Waals surface area contributed by atoms with Crippen molar-refractivity contribution in [3.63, 3.8) is 0 Å². The van der Waals surface area contributed by atoms with Gasteiger partial charge in [0.15, 0.2) is 11.5 Å². The van der Waals surface area contributed by atoms with Crippen LogP contribution < -0.4 is 14.8 Å². The van der Waals surface area contributed by atoms with E-state index in [2.05, 4.69) is 21.2 Å². The maximum absolute atomic E-state index is 12.4. The molecule has 6 heteroatoms. The molecule has 0 fully saturated rings. The molecule has 0 radical (unpaired) electrons. The van der Waals surface area contributed by atoms with Gasteiger partial charge in [0, 0.05) is 18.7 Å². The van der Waals surface area contributed by atoms with Gasteiger partial charge in [-0.05, 0) is 40.5 Å². The van der Waals surface area contributed by atoms with Gasteiger partial charge < -0.3 is 19.5 Å². The average molecular weight is 408 g/mol. The van der Waals surface area contributed by atoms with Gasteiger partial charge in [0.25, 0.3) is 5.91 Å². The molecule has 0 aliphatic rings. The number of methoxy groups -OCH3 is 2. The molecular weight excluding hydrogens is 386 g/mol. The van der Waals surface area contributed by atoms with Crippen LogP contribution >= 0.6 is 15.9 Å². The molecule has 5 nitrogen and oxygen atoms in total. The van der Waals surface area contributed by atoms with Gasteiger partial charge >= 0.3 is 0 Å². The van der Waals surface area contributed by atoms with Crippen molar-refractivity contribution in [2.24, 2.45) is 0 Å². The first kappa shape index (κ1) is 19.3. The molecule has 0 saturated heterocycles. The van der Waals surface area contributed by atoms with Gasteiger partial charge in [-0.15, -0.1) is 0 Å². The molecule has 25 heavy (non-hydrogen) atoms. The van der Waals surface area contributed by atoms with Crippen LogP contribution in [0.1, 0.15) is 22.8 Å². The van der Waals surface area contributed by atoms with E-state index in [9.17, 15) is 4.79 Å². The molecule has 2 aromatic rings. The maximum Gasteiger partial charge on any atom is 0.251 e. The zero-order valence-electron chi connectivity index (χ0n) is 14.5. The van der Waals surface area contributed by atoms with E-state index in [4.69, 9.17) is 14.2 Å². The maximum atomic E-state index is 12.4. The van der Waals surface area contributed by atoms with Crippen LogP contribution in [0.3, 0.4) is 0 Å². The van der Waals surface area contributed by atoms with Gasteiger partial charge in [-0.25, -0.2) is 0 Å². The summed E-state index contributed by atoms with van der Waals surface area (Å²) in [5.74, 6) is 0.862. The number of carbonyl (C=O) groups is 1. The van der Waals surface area contributed by atoms with E-state index in [1.165, 1.54) is 0 Å². The number of hydrogen-bond acceptors (Lipinski definition) is 4. The van der Waals surface area contributed by atoms with Crippen molar-refractivity contribution in [1.82, 2.24) is 5.32 Å². The van der Waals surface area contributed by atoms with Crippen LogP contribution in [-0.4, -0.2) is 32.8 Å². The third-order valence-electron chi connectivity index (χ3n) is 3.51. The van der Waals surface area contributed by atoms with E-state index in [1.54, 1.807) is 26.4 Å². The first-order valence-corrected chi connectivity index (χ1v) is 8.68. The van der Waals surface area contributed by atoms with Gasteiger partial charge in [0.2, 0.25) is 0 Å². The number of ether oxygens (including phenoxy) is 3. The number of benzene rings is 2. The lowest BCUT2D eigenvalue weighted by atomic mass is 10.1. The summed E-state index contributed by atoms with van der Waals surface area (Å²) in [6.07, 6.45) is 0. The van der Waals surface area contributed by atoms with Crippen molar-refractivity contribution in [3.05, 3.63) is 58.1 Å². The minimum atomic E-state index is -0.196. The molecule has 0 aliphatic heterocycles. The Hall–Kier alpha value is -2.05. The third kappa shape index (κ3) is 5.47. The molecular formula is C19H22BrNO4. The van der Waals surface area contributed by atoms with Gasteiger partial charge in [0.05, 0.1) is 18.2 Å². The summed E-state index contributed by atoms with van der Waals surface area (Å²) in [5, 5.41) is 2.87. The van der Waals surface area contributed by atoms with Crippen molar-refractivity contribution in [1.29, 1.82) is 0 Å². The number of hydrogen-bond donors (Lipinski definition) is 1. The molecule has 0 spiro atoms. The van der Waals surface area contributed by atoms with Crippen LogP contribution in [0.15, 0.2) is 46.9 Å². The molecule has 0 heterocycles. The van der Waals surface area contributed by atoms with Gasteiger partial charge in [0.1, 0.15) is 6.61 Å². The zero-order chi connectivity index (χ0) is 18.2. The number of rotatable bonds is 8. The first-order chi connectivity index (χ1) is 12.0. The highest BCUT2D eigenvalue weighted by Crippen LogP contribution is 2.37. The predicted molar refractivity (Wildman–Crippen MR) is 100 cm³/mol. The van der Waals surface area contributed by atoms with Gasteiger partial charge in [-0.2, -0.15) is 0 Å². The lowest BCUT2D eigenvalue weighted by molar-refractivity contribution is 0.0905. The van der Waals surface area contributed by atoms with E-state index in [0.717, 1.165) is 5.56 Å². The molecule has 0 saturated carbocycles. The van der Waals surface area contributed by atoms with Crippen molar-refractivity contribution in [3.8, 4) is 11.5 Å². The van der Waals surface area contributed by atoms with Gasteiger partial charge in [-0.1, -0.05) is 30.3 Å². The largest absolute Gasteiger partial charge is 0.493 e. The highest BCUT2D eigenvalue weighted by molar-refractivity contribution is 9.10. The minimum absolute atomic E-state index is 0.0868. The summed E-state index contributed by atoms with van der Waals surface area (Å²) in [6, 6.07) is 13.1. The number of nitrogens with one attached hydrogen (secondary N) is 1. The van der Waals surface area contributed by atoms with Crippen LogP contribution in [0.2, 0.25) is 0 Å². The van der Waals surface area contributed by atoms with E-state index in [0.29, 0.717) is 34.7 Å². The van der Waals surface area contributed by atoms with Crippen LogP contribution in [0, 0.1) is 0 Å². The highest BCUT2D eigenvalue weighted by atomic mass is 79.9. The number of amides is 1. The molecule has 1 atom stereocenters. The summed E-state index contributed by atoms with van der Waals surface area (Å²) in [4.78, 5) is 12.4. The lowest BCUT2D eigenvalue weighted by Gasteiger charge is -2.16. The summed E-state index contributed by atoms with van der Waals surface area (Å²) >= 11 is 3.47. The standard InChI is InChI=1S/C19H22BrNO4/c1-13(11-23-2)21-19(22)15-9-16(20)18(17(10-15)24-3)25-12-14-7-5-4-6-8-14/h4-10,13H,11-12H2,1-3H3,(H,21,22)/t13-/m1/s1. The van der Waals surface area contributed by atoms with E-state index in [1.807, 2.05) is 37.3 Å². The topological polar surface area (TPSA) is 56.8 Å². The van der Waals surface area contributed by atoms with E-state index < -0.39 is 0 Å². The minimum Gasteiger partial charge on any atom is -0.493 e. The average Bonchev–Trinajstić information content (AvgIpc) is 2.61. The Morgan fingerprint density at radius 1 is 1.20 bits per heavy atom. The Kier molecular flexibility index (Phi) is 7.28. The molecule has 2 aromatic carbocycles. The molecule has 0 aliphatic carbocycles. The second-order valence-electron chi connectivity index (χ2n) is 5.59. The fourth-order valence-corrected chi connectivity index (χ4v) is 2.88. The Labute approximate surface area is 156 Å². The quantitative estimate of drug-likeness (QED) is 0.722. The van der Waals surface area contributed by atoms with Crippen LogP contribution in [-0.2, 0) is 11.3 Å². The van der Waals surface area contributed by atoms with Crippen molar-refractivity contribution in [2.45, 2.75) is 19.6 Å². The molecule has 134 valence electrons. The first-order valence-electron chi connectivity index (χ1n) is 7.89. The second kappa shape index (κ2) is 9.44. The smallest absolute Gasteiger partial charge is 0.251 e. The Bertz CT molecular complexity index is 706. The summed E-state index contributed by atoms with van der Waals surface area (Å²) in [7, 11) is 3.15. The summed E-state index contributed by atoms with van der Waals surface area (Å²) in [6.45, 7) is 2.74. The van der Waals surface area contributed by atoms with E-state index in [-0.39, 0.29) is 11.9 Å². The number of halogens is 1. The SMILES string of the molecule is COC[C@@H](C)NC(=O)c1cc(Br)c(OCc2ccccc2)c(OC)c1. The molecule has 0 aromatic heterocycles. The Morgan fingerprint density at radius 2 is 1.92 bits per heavy atom. The zero-order valence-corrected chi connectivity index (χ0v) is 16.1. The van der Waals surface area contributed by atoms with Crippen molar-refractivity contribution < 1.29 is 19.0 Å². The molecule has 1 amide bonds. The fourth-order valence-electron chi connectivity index (χ4n) is 2.32. The second-order valence-corrected chi connectivity index (χ2v) is 6.45.